The lowest BCUT2D eigenvalue weighted by Gasteiger charge is -2.31. The van der Waals surface area contributed by atoms with E-state index in [1.807, 2.05) is 0 Å². The van der Waals surface area contributed by atoms with Gasteiger partial charge in [-0.3, -0.25) is 0 Å². The third kappa shape index (κ3) is 4.86. The zero-order valence-electron chi connectivity index (χ0n) is 10.8. The molecule has 0 bridgehead atoms. The average molecular weight is 276 g/mol. The molecule has 0 aromatic carbocycles. The van der Waals surface area contributed by atoms with Crippen molar-refractivity contribution in [1.29, 1.82) is 0 Å². The third-order valence-corrected chi connectivity index (χ3v) is 4.96. The molecule has 0 spiro atoms. The maximum absolute atomic E-state index is 3.61. The molecule has 1 aliphatic rings. The van der Waals surface area contributed by atoms with Gasteiger partial charge in [0.05, 0.1) is 0 Å². The highest BCUT2D eigenvalue weighted by Gasteiger charge is 2.26. The van der Waals surface area contributed by atoms with Crippen LogP contribution in [-0.4, -0.2) is 29.9 Å². The molecule has 0 atom stereocenters. The number of halogens is 1. The number of likely N-dealkylation sites (tertiary alicyclic amines) is 1. The molecule has 1 aliphatic heterocycles. The van der Waals surface area contributed by atoms with E-state index < -0.39 is 0 Å². The Morgan fingerprint density at radius 2 is 1.87 bits per heavy atom. The summed E-state index contributed by atoms with van der Waals surface area (Å²) in [6.07, 6.45) is 4.11. The van der Waals surface area contributed by atoms with Crippen molar-refractivity contribution < 1.29 is 0 Å². The fourth-order valence-electron chi connectivity index (χ4n) is 2.28. The van der Waals surface area contributed by atoms with Gasteiger partial charge in [-0.15, -0.1) is 0 Å². The lowest BCUT2D eigenvalue weighted by molar-refractivity contribution is 0.194. The van der Waals surface area contributed by atoms with E-state index in [4.69, 9.17) is 0 Å². The predicted octanol–water partition coefficient (Wildman–Crippen LogP) is 3.92. The van der Waals surface area contributed by atoms with Crippen LogP contribution >= 0.6 is 15.9 Å². The molecule has 90 valence electrons. The van der Waals surface area contributed by atoms with Gasteiger partial charge in [-0.1, -0.05) is 43.6 Å². The second kappa shape index (κ2) is 5.18. The van der Waals surface area contributed by atoms with E-state index in [0.29, 0.717) is 10.8 Å². The second-order valence-corrected chi connectivity index (χ2v) is 7.15. The molecule has 0 unspecified atom stereocenters. The van der Waals surface area contributed by atoms with Crippen molar-refractivity contribution in [3.05, 3.63) is 0 Å². The van der Waals surface area contributed by atoms with Gasteiger partial charge in [0, 0.05) is 11.9 Å². The Bertz CT molecular complexity index is 199. The Hall–Kier alpha value is 0.440. The van der Waals surface area contributed by atoms with E-state index in [0.717, 1.165) is 5.33 Å². The number of rotatable bonds is 3. The normalized spacial score (nSPS) is 23.8. The molecule has 0 aromatic heterocycles. The van der Waals surface area contributed by atoms with Gasteiger partial charge >= 0.3 is 0 Å². The molecule has 0 aliphatic carbocycles. The molecule has 1 fully saturated rings. The first-order valence-corrected chi connectivity index (χ1v) is 7.25. The summed E-state index contributed by atoms with van der Waals surface area (Å²) in [5.74, 6) is 0. The summed E-state index contributed by atoms with van der Waals surface area (Å²) in [6, 6.07) is 0. The minimum Gasteiger partial charge on any atom is -0.303 e. The fourth-order valence-corrected chi connectivity index (χ4v) is 2.46. The summed E-state index contributed by atoms with van der Waals surface area (Å²) in [7, 11) is 0. The summed E-state index contributed by atoms with van der Waals surface area (Å²) in [4.78, 5) is 2.65. The van der Waals surface area contributed by atoms with Crippen LogP contribution in [0.1, 0.15) is 47.0 Å². The monoisotopic (exact) mass is 275 g/mol. The zero-order valence-corrected chi connectivity index (χ0v) is 12.4. The van der Waals surface area contributed by atoms with Gasteiger partial charge in [0.2, 0.25) is 0 Å². The van der Waals surface area contributed by atoms with Crippen LogP contribution in [0.2, 0.25) is 0 Å². The molecule has 0 aromatic rings. The van der Waals surface area contributed by atoms with Crippen molar-refractivity contribution in [2.24, 2.45) is 10.8 Å². The largest absolute Gasteiger partial charge is 0.303 e. The number of alkyl halides is 1. The van der Waals surface area contributed by atoms with Crippen LogP contribution in [0.3, 0.4) is 0 Å². The molecule has 0 amide bonds. The van der Waals surface area contributed by atoms with Crippen LogP contribution in [0.4, 0.5) is 0 Å². The number of hydrogen-bond acceptors (Lipinski definition) is 1. The fraction of sp³-hybridized carbons (Fsp3) is 1.00. The van der Waals surface area contributed by atoms with Gasteiger partial charge in [0.1, 0.15) is 0 Å². The highest BCUT2D eigenvalue weighted by atomic mass is 79.9. The molecule has 1 rings (SSSR count). The summed E-state index contributed by atoms with van der Waals surface area (Å²) < 4.78 is 0. The van der Waals surface area contributed by atoms with Crippen molar-refractivity contribution in [1.82, 2.24) is 4.90 Å². The molecule has 1 saturated heterocycles. The highest BCUT2D eigenvalue weighted by molar-refractivity contribution is 9.09. The van der Waals surface area contributed by atoms with Crippen LogP contribution in [0.5, 0.6) is 0 Å². The summed E-state index contributed by atoms with van der Waals surface area (Å²) >= 11 is 3.61. The van der Waals surface area contributed by atoms with Crippen LogP contribution < -0.4 is 0 Å². The molecule has 15 heavy (non-hydrogen) atoms. The first-order valence-electron chi connectivity index (χ1n) is 6.13. The summed E-state index contributed by atoms with van der Waals surface area (Å²) in [5, 5.41) is 1.10. The average Bonchev–Trinajstić information content (AvgIpc) is 2.28. The smallest absolute Gasteiger partial charge is 0.00949 e. The SMILES string of the molecule is CC1(C)CCCN(CC(C)(C)CBr)CC1. The number of nitrogens with zero attached hydrogens (tertiary/aromatic N) is 1. The van der Waals surface area contributed by atoms with Crippen molar-refractivity contribution in [3.8, 4) is 0 Å². The Kier molecular flexibility index (Phi) is 4.66. The van der Waals surface area contributed by atoms with Crippen LogP contribution in [0.15, 0.2) is 0 Å². The van der Waals surface area contributed by atoms with E-state index in [9.17, 15) is 0 Å². The van der Waals surface area contributed by atoms with E-state index in [1.165, 1.54) is 38.9 Å². The highest BCUT2D eigenvalue weighted by Crippen LogP contribution is 2.31. The molecular weight excluding hydrogens is 250 g/mol. The Morgan fingerprint density at radius 1 is 1.20 bits per heavy atom. The second-order valence-electron chi connectivity index (χ2n) is 6.59. The van der Waals surface area contributed by atoms with Crippen LogP contribution in [0, 0.1) is 10.8 Å². The lowest BCUT2D eigenvalue weighted by Crippen LogP contribution is -2.36. The molecule has 1 nitrogen and oxygen atoms in total. The molecule has 0 N–H and O–H groups in total. The minimum absolute atomic E-state index is 0.411. The molecular formula is C13H26BrN. The van der Waals surface area contributed by atoms with Crippen LogP contribution in [0.25, 0.3) is 0 Å². The van der Waals surface area contributed by atoms with Crippen LogP contribution in [-0.2, 0) is 0 Å². The predicted molar refractivity (Wildman–Crippen MR) is 71.6 cm³/mol. The topological polar surface area (TPSA) is 3.24 Å². The number of hydrogen-bond donors (Lipinski definition) is 0. The molecule has 0 radical (unpaired) electrons. The van der Waals surface area contributed by atoms with E-state index >= 15 is 0 Å². The van der Waals surface area contributed by atoms with E-state index in [1.54, 1.807) is 0 Å². The maximum atomic E-state index is 3.61. The van der Waals surface area contributed by atoms with Gasteiger partial charge in [-0.2, -0.15) is 0 Å². The summed E-state index contributed by atoms with van der Waals surface area (Å²) in [5.41, 5.74) is 0.974. The van der Waals surface area contributed by atoms with Gasteiger partial charge in [-0.25, -0.2) is 0 Å². The lowest BCUT2D eigenvalue weighted by atomic mass is 9.85. The molecule has 2 heteroatoms. The van der Waals surface area contributed by atoms with Crippen molar-refractivity contribution in [2.75, 3.05) is 25.0 Å². The van der Waals surface area contributed by atoms with Gasteiger partial charge in [0.15, 0.2) is 0 Å². The zero-order chi connectivity index (χ0) is 11.5. The minimum atomic E-state index is 0.411. The van der Waals surface area contributed by atoms with E-state index in [-0.39, 0.29) is 0 Å². The Balaban J connectivity index is 2.45. The van der Waals surface area contributed by atoms with Crippen molar-refractivity contribution in [3.63, 3.8) is 0 Å². The van der Waals surface area contributed by atoms with Gasteiger partial charge in [0.25, 0.3) is 0 Å². The van der Waals surface area contributed by atoms with E-state index in [2.05, 4.69) is 48.5 Å². The van der Waals surface area contributed by atoms with Gasteiger partial charge in [-0.05, 0) is 43.2 Å². The maximum Gasteiger partial charge on any atom is 0.00949 e. The standard InChI is InChI=1S/C13H26BrN/c1-12(2)6-5-8-15(9-7-12)11-13(3,4)10-14/h5-11H2,1-4H3. The molecule has 1 heterocycles. The Morgan fingerprint density at radius 3 is 2.47 bits per heavy atom. The molecule has 0 saturated carbocycles. The first kappa shape index (κ1) is 13.5. The quantitative estimate of drug-likeness (QED) is 0.706. The van der Waals surface area contributed by atoms with Crippen molar-refractivity contribution in [2.45, 2.75) is 47.0 Å². The third-order valence-electron chi connectivity index (χ3n) is 3.45. The van der Waals surface area contributed by atoms with Crippen molar-refractivity contribution >= 4 is 15.9 Å². The first-order chi connectivity index (χ1) is 6.85. The van der Waals surface area contributed by atoms with Gasteiger partial charge < -0.3 is 4.90 Å². The Labute approximate surface area is 104 Å². The summed E-state index contributed by atoms with van der Waals surface area (Å²) in [6.45, 7) is 13.3.